The van der Waals surface area contributed by atoms with Crippen LogP contribution in [0.15, 0.2) is 34.9 Å². The highest BCUT2D eigenvalue weighted by Crippen LogP contribution is 2.32. The van der Waals surface area contributed by atoms with Gasteiger partial charge in [-0.1, -0.05) is 29.4 Å². The second-order valence-electron chi connectivity index (χ2n) is 8.07. The molecule has 1 amide bonds. The minimum atomic E-state index is -0.804. The molecule has 1 N–H and O–H groups in total. The number of rotatable bonds is 5. The molecule has 4 rings (SSSR count). The highest BCUT2D eigenvalue weighted by molar-refractivity contribution is 6.00. The summed E-state index contributed by atoms with van der Waals surface area (Å²) in [4.78, 5) is 14.7. The fourth-order valence-corrected chi connectivity index (χ4v) is 4.28. The van der Waals surface area contributed by atoms with Gasteiger partial charge in [0.05, 0.1) is 5.69 Å². The van der Waals surface area contributed by atoms with Crippen molar-refractivity contribution in [1.82, 2.24) is 15.0 Å². The van der Waals surface area contributed by atoms with Crippen molar-refractivity contribution in [2.45, 2.75) is 32.2 Å². The van der Waals surface area contributed by atoms with Crippen LogP contribution in [0.2, 0.25) is 0 Å². The lowest BCUT2D eigenvalue weighted by Gasteiger charge is -2.29. The fraction of sp³-hybridized carbons (Fsp3) is 0.455. The number of amides is 1. The highest BCUT2D eigenvalue weighted by atomic mass is 16.5. The van der Waals surface area contributed by atoms with Crippen LogP contribution in [0.25, 0.3) is 21.7 Å². The summed E-state index contributed by atoms with van der Waals surface area (Å²) in [6, 6.07) is 10.6. The van der Waals surface area contributed by atoms with Crippen molar-refractivity contribution in [2.75, 3.05) is 27.2 Å². The number of nitrogens with zero attached hydrogens (tertiary/aromatic N) is 3. The van der Waals surface area contributed by atoms with Crippen molar-refractivity contribution in [2.24, 2.45) is 5.92 Å². The molecule has 1 fully saturated rings. The molecule has 0 saturated carbocycles. The van der Waals surface area contributed by atoms with Gasteiger partial charge in [-0.05, 0) is 62.5 Å². The largest absolute Gasteiger partial charge is 0.465 e. The standard InChI is InChI=1S/C22H27N3O3/c1-24(2)14-19-17-6-4-3-5-16(17)13-18-20(23-28-21(18)19)8-7-15-9-11-25(12-10-15)22(26)27/h3-6,13,15H,7-12,14H2,1-2H3,(H,26,27). The fourth-order valence-electron chi connectivity index (χ4n) is 4.28. The van der Waals surface area contributed by atoms with E-state index in [-0.39, 0.29) is 0 Å². The second-order valence-corrected chi connectivity index (χ2v) is 8.07. The van der Waals surface area contributed by atoms with Gasteiger partial charge in [-0.2, -0.15) is 0 Å². The van der Waals surface area contributed by atoms with Gasteiger partial charge < -0.3 is 19.4 Å². The second kappa shape index (κ2) is 7.80. The van der Waals surface area contributed by atoms with Crippen LogP contribution in [0.1, 0.15) is 30.5 Å². The van der Waals surface area contributed by atoms with Gasteiger partial charge in [-0.15, -0.1) is 0 Å². The van der Waals surface area contributed by atoms with E-state index in [9.17, 15) is 4.79 Å². The molecule has 6 heteroatoms. The Morgan fingerprint density at radius 1 is 1.25 bits per heavy atom. The molecular weight excluding hydrogens is 354 g/mol. The molecule has 1 saturated heterocycles. The Morgan fingerprint density at radius 3 is 2.71 bits per heavy atom. The van der Waals surface area contributed by atoms with E-state index < -0.39 is 6.09 Å². The molecule has 148 valence electrons. The molecule has 1 aliphatic heterocycles. The third-order valence-electron chi connectivity index (χ3n) is 5.81. The van der Waals surface area contributed by atoms with Gasteiger partial charge >= 0.3 is 6.09 Å². The average molecular weight is 381 g/mol. The predicted octanol–water partition coefficient (Wildman–Crippen LogP) is 4.37. The number of carboxylic acid groups (broad SMARTS) is 1. The van der Waals surface area contributed by atoms with E-state index in [0.717, 1.165) is 48.9 Å². The Labute approximate surface area is 164 Å². The number of benzene rings is 2. The predicted molar refractivity (Wildman–Crippen MR) is 110 cm³/mol. The van der Waals surface area contributed by atoms with E-state index in [2.05, 4.69) is 54.5 Å². The monoisotopic (exact) mass is 381 g/mol. The van der Waals surface area contributed by atoms with Crippen LogP contribution in [0.4, 0.5) is 4.79 Å². The number of hydrogen-bond donors (Lipinski definition) is 1. The minimum Gasteiger partial charge on any atom is -0.465 e. The molecule has 0 unspecified atom stereocenters. The van der Waals surface area contributed by atoms with Crippen LogP contribution in [0, 0.1) is 5.92 Å². The van der Waals surface area contributed by atoms with E-state index >= 15 is 0 Å². The third-order valence-corrected chi connectivity index (χ3v) is 5.81. The topological polar surface area (TPSA) is 69.8 Å². The van der Waals surface area contributed by atoms with E-state index in [1.54, 1.807) is 0 Å². The summed E-state index contributed by atoms with van der Waals surface area (Å²) in [7, 11) is 4.13. The minimum absolute atomic E-state index is 0.545. The van der Waals surface area contributed by atoms with Crippen molar-refractivity contribution in [1.29, 1.82) is 0 Å². The van der Waals surface area contributed by atoms with Gasteiger partial charge in [0.15, 0.2) is 5.58 Å². The SMILES string of the molecule is CN(C)Cc1c2ccccc2cc2c(CCC3CCN(C(=O)O)CC3)noc12. The molecule has 0 radical (unpaired) electrons. The summed E-state index contributed by atoms with van der Waals surface area (Å²) >= 11 is 0. The lowest BCUT2D eigenvalue weighted by Crippen LogP contribution is -2.37. The van der Waals surface area contributed by atoms with Gasteiger partial charge in [-0.25, -0.2) is 4.79 Å². The molecule has 2 aromatic carbocycles. The number of carbonyl (C=O) groups is 1. The summed E-state index contributed by atoms with van der Waals surface area (Å²) in [6.45, 7) is 2.08. The number of aryl methyl sites for hydroxylation is 1. The molecule has 1 aromatic heterocycles. The van der Waals surface area contributed by atoms with Crippen molar-refractivity contribution in [3.63, 3.8) is 0 Å². The number of hydrogen-bond acceptors (Lipinski definition) is 4. The molecule has 0 bridgehead atoms. The van der Waals surface area contributed by atoms with E-state index in [1.807, 2.05) is 0 Å². The first-order valence-corrected chi connectivity index (χ1v) is 9.94. The number of piperidine rings is 1. The Kier molecular flexibility index (Phi) is 5.22. The maximum Gasteiger partial charge on any atom is 0.407 e. The Balaban J connectivity index is 1.57. The van der Waals surface area contributed by atoms with Crippen LogP contribution in [0.3, 0.4) is 0 Å². The molecule has 1 aliphatic rings. The van der Waals surface area contributed by atoms with Crippen molar-refractivity contribution >= 4 is 27.8 Å². The quantitative estimate of drug-likeness (QED) is 0.711. The van der Waals surface area contributed by atoms with Crippen LogP contribution >= 0.6 is 0 Å². The van der Waals surface area contributed by atoms with Crippen LogP contribution in [-0.4, -0.2) is 53.3 Å². The van der Waals surface area contributed by atoms with Gasteiger partial charge in [0, 0.05) is 30.6 Å². The van der Waals surface area contributed by atoms with E-state index in [1.165, 1.54) is 21.2 Å². The highest BCUT2D eigenvalue weighted by Gasteiger charge is 2.23. The average Bonchev–Trinajstić information content (AvgIpc) is 3.09. The molecule has 2 heterocycles. The molecule has 28 heavy (non-hydrogen) atoms. The first kappa shape index (κ1) is 18.7. The Hall–Kier alpha value is -2.60. The maximum absolute atomic E-state index is 11.1. The molecule has 0 spiro atoms. The molecule has 3 aromatic rings. The first-order valence-electron chi connectivity index (χ1n) is 9.94. The summed E-state index contributed by atoms with van der Waals surface area (Å²) in [5, 5.41) is 17.1. The zero-order valence-electron chi connectivity index (χ0n) is 16.5. The molecular formula is C22H27N3O3. The Bertz CT molecular complexity index is 987. The van der Waals surface area contributed by atoms with Crippen LogP contribution in [0.5, 0.6) is 0 Å². The maximum atomic E-state index is 11.1. The van der Waals surface area contributed by atoms with Gasteiger partial charge in [-0.3, -0.25) is 0 Å². The summed E-state index contributed by atoms with van der Waals surface area (Å²) in [6.07, 6.45) is 2.93. The normalized spacial score (nSPS) is 15.8. The number of aromatic nitrogens is 1. The zero-order valence-corrected chi connectivity index (χ0v) is 16.5. The van der Waals surface area contributed by atoms with Crippen molar-refractivity contribution < 1.29 is 14.4 Å². The van der Waals surface area contributed by atoms with Crippen molar-refractivity contribution in [3.05, 3.63) is 41.6 Å². The van der Waals surface area contributed by atoms with Crippen molar-refractivity contribution in [3.8, 4) is 0 Å². The Morgan fingerprint density at radius 2 is 2.00 bits per heavy atom. The van der Waals surface area contributed by atoms with Crippen LogP contribution in [-0.2, 0) is 13.0 Å². The zero-order chi connectivity index (χ0) is 19.7. The van der Waals surface area contributed by atoms with Crippen LogP contribution < -0.4 is 0 Å². The lowest BCUT2D eigenvalue weighted by atomic mass is 9.91. The van der Waals surface area contributed by atoms with E-state index in [4.69, 9.17) is 9.63 Å². The molecule has 6 nitrogen and oxygen atoms in total. The third kappa shape index (κ3) is 3.69. The van der Waals surface area contributed by atoms with Gasteiger partial charge in [0.25, 0.3) is 0 Å². The number of likely N-dealkylation sites (tertiary alicyclic amines) is 1. The number of fused-ring (bicyclic) bond motifs is 2. The van der Waals surface area contributed by atoms with Gasteiger partial charge in [0.2, 0.25) is 0 Å². The summed E-state index contributed by atoms with van der Waals surface area (Å²) in [5.41, 5.74) is 3.09. The molecule has 0 aliphatic carbocycles. The first-order chi connectivity index (χ1) is 13.5. The summed E-state index contributed by atoms with van der Waals surface area (Å²) in [5.74, 6) is 0.545. The van der Waals surface area contributed by atoms with E-state index in [0.29, 0.717) is 19.0 Å². The molecule has 0 atom stereocenters. The summed E-state index contributed by atoms with van der Waals surface area (Å²) < 4.78 is 5.81. The smallest absolute Gasteiger partial charge is 0.407 e. The lowest BCUT2D eigenvalue weighted by molar-refractivity contribution is 0.123. The van der Waals surface area contributed by atoms with Gasteiger partial charge in [0.1, 0.15) is 0 Å².